The molecule has 116 valence electrons. The molecule has 0 radical (unpaired) electrons. The molecule has 2 heterocycles. The van der Waals surface area contributed by atoms with E-state index in [-0.39, 0.29) is 12.1 Å². The molecule has 2 unspecified atom stereocenters. The van der Waals surface area contributed by atoms with Crippen LogP contribution in [0.5, 0.6) is 5.75 Å². The van der Waals surface area contributed by atoms with Gasteiger partial charge in [0.15, 0.2) is 0 Å². The Labute approximate surface area is 127 Å². The van der Waals surface area contributed by atoms with E-state index in [4.69, 9.17) is 15.2 Å². The van der Waals surface area contributed by atoms with Gasteiger partial charge in [0.25, 0.3) is 0 Å². The molecule has 0 amide bonds. The van der Waals surface area contributed by atoms with E-state index in [2.05, 4.69) is 30.0 Å². The Morgan fingerprint density at radius 3 is 3.14 bits per heavy atom. The fourth-order valence-electron chi connectivity index (χ4n) is 3.19. The molecule has 2 aliphatic rings. The third-order valence-corrected chi connectivity index (χ3v) is 4.62. The van der Waals surface area contributed by atoms with E-state index < -0.39 is 0 Å². The van der Waals surface area contributed by atoms with Crippen molar-refractivity contribution >= 4 is 0 Å². The van der Waals surface area contributed by atoms with Gasteiger partial charge in [-0.2, -0.15) is 0 Å². The predicted octanol–water partition coefficient (Wildman–Crippen LogP) is 1.60. The van der Waals surface area contributed by atoms with Gasteiger partial charge in [-0.1, -0.05) is 19.1 Å². The van der Waals surface area contributed by atoms with Gasteiger partial charge in [0.05, 0.1) is 19.3 Å². The van der Waals surface area contributed by atoms with Gasteiger partial charge < -0.3 is 15.2 Å². The van der Waals surface area contributed by atoms with Crippen LogP contribution in [-0.2, 0) is 17.6 Å². The molecule has 21 heavy (non-hydrogen) atoms. The number of likely N-dealkylation sites (N-methyl/N-ethyl adjacent to an activating group) is 1. The fourth-order valence-corrected chi connectivity index (χ4v) is 3.19. The highest BCUT2D eigenvalue weighted by molar-refractivity contribution is 5.39. The van der Waals surface area contributed by atoms with E-state index in [9.17, 15) is 0 Å². The molecule has 4 heteroatoms. The number of rotatable bonds is 5. The van der Waals surface area contributed by atoms with Crippen LogP contribution in [0.3, 0.4) is 0 Å². The summed E-state index contributed by atoms with van der Waals surface area (Å²) in [7, 11) is 0. The van der Waals surface area contributed by atoms with Gasteiger partial charge >= 0.3 is 0 Å². The van der Waals surface area contributed by atoms with E-state index >= 15 is 0 Å². The van der Waals surface area contributed by atoms with Gasteiger partial charge in [-0.3, -0.25) is 4.90 Å². The second-order valence-corrected chi connectivity index (χ2v) is 6.05. The standard InChI is InChI=1S/C17H26N2O2/c1-2-19-8-10-21-17(12-19)15(18)5-3-13-4-6-16-14(11-13)7-9-20-16/h4,6,11,15,17H,2-3,5,7-10,12,18H2,1H3. The number of aryl methyl sites for hydroxylation is 1. The molecule has 1 aromatic carbocycles. The third kappa shape index (κ3) is 3.57. The summed E-state index contributed by atoms with van der Waals surface area (Å²) in [6.07, 6.45) is 3.20. The Morgan fingerprint density at radius 1 is 1.38 bits per heavy atom. The quantitative estimate of drug-likeness (QED) is 0.895. The molecule has 1 saturated heterocycles. The maximum atomic E-state index is 6.35. The average molecular weight is 290 g/mol. The highest BCUT2D eigenvalue weighted by Gasteiger charge is 2.25. The minimum absolute atomic E-state index is 0.115. The molecule has 1 aromatic rings. The maximum absolute atomic E-state index is 6.35. The summed E-state index contributed by atoms with van der Waals surface area (Å²) in [5.41, 5.74) is 9.05. The van der Waals surface area contributed by atoms with E-state index in [1.807, 2.05) is 0 Å². The summed E-state index contributed by atoms with van der Waals surface area (Å²) in [4.78, 5) is 2.42. The number of hydrogen-bond donors (Lipinski definition) is 1. The molecule has 0 aromatic heterocycles. The van der Waals surface area contributed by atoms with Gasteiger partial charge in [0, 0.05) is 25.6 Å². The van der Waals surface area contributed by atoms with Crippen LogP contribution >= 0.6 is 0 Å². The number of benzene rings is 1. The first kappa shape index (κ1) is 14.8. The molecule has 1 fully saturated rings. The van der Waals surface area contributed by atoms with Crippen LogP contribution in [0.15, 0.2) is 18.2 Å². The van der Waals surface area contributed by atoms with Crippen LogP contribution in [-0.4, -0.2) is 49.9 Å². The van der Waals surface area contributed by atoms with Crippen LogP contribution in [0.2, 0.25) is 0 Å². The van der Waals surface area contributed by atoms with Crippen molar-refractivity contribution in [2.45, 2.75) is 38.3 Å². The van der Waals surface area contributed by atoms with E-state index in [1.54, 1.807) is 0 Å². The highest BCUT2D eigenvalue weighted by atomic mass is 16.5. The van der Waals surface area contributed by atoms with Crippen molar-refractivity contribution in [3.63, 3.8) is 0 Å². The number of ether oxygens (including phenoxy) is 2. The molecule has 2 aliphatic heterocycles. The molecule has 0 spiro atoms. The molecule has 0 aliphatic carbocycles. The normalized spacial score (nSPS) is 23.6. The van der Waals surface area contributed by atoms with Gasteiger partial charge in [-0.15, -0.1) is 0 Å². The van der Waals surface area contributed by atoms with Crippen molar-refractivity contribution in [2.24, 2.45) is 5.73 Å². The van der Waals surface area contributed by atoms with Crippen molar-refractivity contribution < 1.29 is 9.47 Å². The van der Waals surface area contributed by atoms with E-state index in [0.29, 0.717) is 0 Å². The van der Waals surface area contributed by atoms with E-state index in [1.165, 1.54) is 11.1 Å². The monoisotopic (exact) mass is 290 g/mol. The maximum Gasteiger partial charge on any atom is 0.122 e. The van der Waals surface area contributed by atoms with Crippen LogP contribution in [0, 0.1) is 0 Å². The molecule has 2 N–H and O–H groups in total. The van der Waals surface area contributed by atoms with Gasteiger partial charge in [-0.05, 0) is 36.6 Å². The summed E-state index contributed by atoms with van der Waals surface area (Å²) in [6.45, 7) is 6.90. The van der Waals surface area contributed by atoms with Crippen molar-refractivity contribution in [3.8, 4) is 5.75 Å². The minimum Gasteiger partial charge on any atom is -0.493 e. The van der Waals surface area contributed by atoms with Crippen molar-refractivity contribution in [1.29, 1.82) is 0 Å². The topological polar surface area (TPSA) is 47.7 Å². The van der Waals surface area contributed by atoms with E-state index in [0.717, 1.165) is 57.9 Å². The summed E-state index contributed by atoms with van der Waals surface area (Å²) in [6, 6.07) is 6.65. The molecule has 2 atom stereocenters. The lowest BCUT2D eigenvalue weighted by Gasteiger charge is -2.35. The minimum atomic E-state index is 0.115. The number of nitrogens with zero attached hydrogens (tertiary/aromatic N) is 1. The second-order valence-electron chi connectivity index (χ2n) is 6.05. The molecule has 0 bridgehead atoms. The number of fused-ring (bicyclic) bond motifs is 1. The smallest absolute Gasteiger partial charge is 0.122 e. The lowest BCUT2D eigenvalue weighted by Crippen LogP contribution is -2.50. The fraction of sp³-hybridized carbons (Fsp3) is 0.647. The lowest BCUT2D eigenvalue weighted by molar-refractivity contribution is -0.0397. The van der Waals surface area contributed by atoms with Gasteiger partial charge in [-0.25, -0.2) is 0 Å². The second kappa shape index (κ2) is 6.77. The van der Waals surface area contributed by atoms with Crippen LogP contribution in [0.1, 0.15) is 24.5 Å². The largest absolute Gasteiger partial charge is 0.493 e. The Balaban J connectivity index is 1.52. The molecule has 4 nitrogen and oxygen atoms in total. The zero-order valence-electron chi connectivity index (χ0n) is 12.9. The first-order valence-electron chi connectivity index (χ1n) is 8.10. The number of hydrogen-bond acceptors (Lipinski definition) is 4. The Morgan fingerprint density at radius 2 is 2.29 bits per heavy atom. The van der Waals surface area contributed by atoms with Crippen LogP contribution < -0.4 is 10.5 Å². The summed E-state index contributed by atoms with van der Waals surface area (Å²) >= 11 is 0. The highest BCUT2D eigenvalue weighted by Crippen LogP contribution is 2.26. The van der Waals surface area contributed by atoms with Gasteiger partial charge in [0.1, 0.15) is 5.75 Å². The zero-order chi connectivity index (χ0) is 14.7. The first-order chi connectivity index (χ1) is 10.3. The summed E-state index contributed by atoms with van der Waals surface area (Å²) in [5.74, 6) is 1.05. The van der Waals surface area contributed by atoms with Crippen molar-refractivity contribution in [1.82, 2.24) is 4.90 Å². The predicted molar refractivity (Wildman–Crippen MR) is 83.8 cm³/mol. The Hall–Kier alpha value is -1.10. The summed E-state index contributed by atoms with van der Waals surface area (Å²) < 4.78 is 11.4. The Bertz CT molecular complexity index is 478. The van der Waals surface area contributed by atoms with Crippen molar-refractivity contribution in [3.05, 3.63) is 29.3 Å². The summed E-state index contributed by atoms with van der Waals surface area (Å²) in [5, 5.41) is 0. The SMILES string of the molecule is CCN1CCOC(C(N)CCc2ccc3c(c2)CCO3)C1. The van der Waals surface area contributed by atoms with Gasteiger partial charge in [0.2, 0.25) is 0 Å². The lowest BCUT2D eigenvalue weighted by atomic mass is 9.99. The van der Waals surface area contributed by atoms with Crippen LogP contribution in [0.4, 0.5) is 0 Å². The Kier molecular flexibility index (Phi) is 4.78. The zero-order valence-corrected chi connectivity index (χ0v) is 12.9. The number of nitrogens with two attached hydrogens (primary N) is 1. The molecule has 3 rings (SSSR count). The first-order valence-corrected chi connectivity index (χ1v) is 8.10. The average Bonchev–Trinajstić information content (AvgIpc) is 3.00. The van der Waals surface area contributed by atoms with Crippen molar-refractivity contribution in [2.75, 3.05) is 32.8 Å². The molecular weight excluding hydrogens is 264 g/mol. The number of morpholine rings is 1. The van der Waals surface area contributed by atoms with Crippen LogP contribution in [0.25, 0.3) is 0 Å². The molecule has 0 saturated carbocycles. The molecular formula is C17H26N2O2. The third-order valence-electron chi connectivity index (χ3n) is 4.62.